The van der Waals surface area contributed by atoms with Crippen LogP contribution in [0.5, 0.6) is 0 Å². The smallest absolute Gasteiger partial charge is 0.0672 e. The third-order valence-corrected chi connectivity index (χ3v) is 3.05. The molecule has 0 saturated heterocycles. The van der Waals surface area contributed by atoms with Crippen LogP contribution in [0.2, 0.25) is 0 Å². The maximum absolute atomic E-state index is 8.83. The van der Waals surface area contributed by atoms with Crippen LogP contribution in [-0.2, 0) is 0 Å². The lowest BCUT2D eigenvalue weighted by Crippen LogP contribution is -2.33. The second-order valence-corrected chi connectivity index (χ2v) is 4.12. The Morgan fingerprint density at radius 2 is 2.08 bits per heavy atom. The van der Waals surface area contributed by atoms with E-state index in [2.05, 4.69) is 11.4 Å². The SMILES string of the molecule is N#CC1CCCC1NCC1CC1. The minimum Gasteiger partial charge on any atom is -0.312 e. The van der Waals surface area contributed by atoms with E-state index in [0.717, 1.165) is 18.9 Å². The van der Waals surface area contributed by atoms with Crippen LogP contribution in [0.1, 0.15) is 32.1 Å². The van der Waals surface area contributed by atoms with Crippen molar-refractivity contribution in [3.8, 4) is 6.07 Å². The lowest BCUT2D eigenvalue weighted by Gasteiger charge is -2.14. The minimum absolute atomic E-state index is 0.295. The van der Waals surface area contributed by atoms with Crippen molar-refractivity contribution in [2.24, 2.45) is 11.8 Å². The molecule has 2 aliphatic carbocycles. The molecule has 1 N–H and O–H groups in total. The van der Waals surface area contributed by atoms with Crippen LogP contribution in [0.3, 0.4) is 0 Å². The fourth-order valence-electron chi connectivity index (χ4n) is 2.00. The molecular formula is C10H16N2. The van der Waals surface area contributed by atoms with Gasteiger partial charge < -0.3 is 5.32 Å². The number of nitriles is 1. The highest BCUT2D eigenvalue weighted by Gasteiger charge is 2.29. The van der Waals surface area contributed by atoms with Gasteiger partial charge in [0.25, 0.3) is 0 Å². The van der Waals surface area contributed by atoms with Crippen LogP contribution in [0.25, 0.3) is 0 Å². The molecule has 66 valence electrons. The molecule has 2 aliphatic rings. The van der Waals surface area contributed by atoms with Crippen molar-refractivity contribution in [3.05, 3.63) is 0 Å². The summed E-state index contributed by atoms with van der Waals surface area (Å²) in [5.41, 5.74) is 0. The second-order valence-electron chi connectivity index (χ2n) is 4.12. The summed E-state index contributed by atoms with van der Waals surface area (Å²) in [4.78, 5) is 0. The summed E-state index contributed by atoms with van der Waals surface area (Å²) in [6.07, 6.45) is 6.36. The molecule has 12 heavy (non-hydrogen) atoms. The monoisotopic (exact) mass is 164 g/mol. The summed E-state index contributed by atoms with van der Waals surface area (Å²) in [5, 5.41) is 12.3. The first-order valence-corrected chi connectivity index (χ1v) is 5.03. The first-order chi connectivity index (χ1) is 5.90. The Hall–Kier alpha value is -0.550. The number of hydrogen-bond donors (Lipinski definition) is 1. The van der Waals surface area contributed by atoms with Gasteiger partial charge in [0.05, 0.1) is 12.0 Å². The first-order valence-electron chi connectivity index (χ1n) is 5.03. The van der Waals surface area contributed by atoms with Crippen LogP contribution >= 0.6 is 0 Å². The molecule has 2 rings (SSSR count). The van der Waals surface area contributed by atoms with Crippen molar-refractivity contribution < 1.29 is 0 Å². The number of nitrogens with zero attached hydrogens (tertiary/aromatic N) is 1. The van der Waals surface area contributed by atoms with Gasteiger partial charge in [-0.2, -0.15) is 5.26 Å². The second kappa shape index (κ2) is 3.45. The summed E-state index contributed by atoms with van der Waals surface area (Å²) in [6.45, 7) is 1.16. The van der Waals surface area contributed by atoms with Crippen molar-refractivity contribution in [1.82, 2.24) is 5.32 Å². The molecule has 0 aliphatic heterocycles. The Kier molecular flexibility index (Phi) is 2.32. The van der Waals surface area contributed by atoms with E-state index in [0.29, 0.717) is 12.0 Å². The Morgan fingerprint density at radius 3 is 2.75 bits per heavy atom. The highest BCUT2D eigenvalue weighted by Crippen LogP contribution is 2.30. The van der Waals surface area contributed by atoms with Gasteiger partial charge in [-0.1, -0.05) is 6.42 Å². The zero-order chi connectivity index (χ0) is 8.39. The molecule has 0 aromatic rings. The normalized spacial score (nSPS) is 34.9. The average Bonchev–Trinajstić information content (AvgIpc) is 2.81. The van der Waals surface area contributed by atoms with Crippen LogP contribution < -0.4 is 5.32 Å². The highest BCUT2D eigenvalue weighted by atomic mass is 14.9. The summed E-state index contributed by atoms with van der Waals surface area (Å²) in [6, 6.07) is 2.91. The van der Waals surface area contributed by atoms with Gasteiger partial charge in [-0.15, -0.1) is 0 Å². The molecule has 0 bridgehead atoms. The van der Waals surface area contributed by atoms with Gasteiger partial charge in [-0.25, -0.2) is 0 Å². The van der Waals surface area contributed by atoms with Gasteiger partial charge >= 0.3 is 0 Å². The number of nitrogens with one attached hydrogen (secondary N) is 1. The predicted octanol–water partition coefficient (Wildman–Crippen LogP) is 1.68. The van der Waals surface area contributed by atoms with Crippen molar-refractivity contribution in [2.75, 3.05) is 6.54 Å². The first kappa shape index (κ1) is 8.07. The van der Waals surface area contributed by atoms with Crippen molar-refractivity contribution in [1.29, 1.82) is 5.26 Å². The van der Waals surface area contributed by atoms with Crippen LogP contribution in [-0.4, -0.2) is 12.6 Å². The predicted molar refractivity (Wildman–Crippen MR) is 47.5 cm³/mol. The Bertz CT molecular complexity index is 191. The van der Waals surface area contributed by atoms with Gasteiger partial charge in [-0.05, 0) is 38.1 Å². The highest BCUT2D eigenvalue weighted by molar-refractivity contribution is 4.97. The summed E-state index contributed by atoms with van der Waals surface area (Å²) < 4.78 is 0. The van der Waals surface area contributed by atoms with Gasteiger partial charge in [0.2, 0.25) is 0 Å². The molecule has 0 heterocycles. The van der Waals surface area contributed by atoms with Gasteiger partial charge in [0, 0.05) is 6.04 Å². The van der Waals surface area contributed by atoms with Gasteiger partial charge in [0.15, 0.2) is 0 Å². The van der Waals surface area contributed by atoms with E-state index in [4.69, 9.17) is 5.26 Å². The van der Waals surface area contributed by atoms with Gasteiger partial charge in [0.1, 0.15) is 0 Å². The molecule has 0 radical (unpaired) electrons. The maximum Gasteiger partial charge on any atom is 0.0672 e. The maximum atomic E-state index is 8.83. The molecular weight excluding hydrogens is 148 g/mol. The summed E-state index contributed by atoms with van der Waals surface area (Å²) >= 11 is 0. The molecule has 2 fully saturated rings. The van der Waals surface area contributed by atoms with Crippen molar-refractivity contribution in [2.45, 2.75) is 38.1 Å². The quantitative estimate of drug-likeness (QED) is 0.689. The van der Waals surface area contributed by atoms with Crippen molar-refractivity contribution >= 4 is 0 Å². The Labute approximate surface area is 74.0 Å². The molecule has 2 atom stereocenters. The molecule has 0 amide bonds. The molecule has 2 saturated carbocycles. The van der Waals surface area contributed by atoms with Crippen molar-refractivity contribution in [3.63, 3.8) is 0 Å². The average molecular weight is 164 g/mol. The van der Waals surface area contributed by atoms with E-state index in [1.807, 2.05) is 0 Å². The molecule has 2 nitrogen and oxygen atoms in total. The Morgan fingerprint density at radius 1 is 1.25 bits per heavy atom. The zero-order valence-corrected chi connectivity index (χ0v) is 7.42. The Balaban J connectivity index is 1.74. The summed E-state index contributed by atoms with van der Waals surface area (Å²) in [5.74, 6) is 1.23. The molecule has 2 heteroatoms. The third kappa shape index (κ3) is 1.78. The summed E-state index contributed by atoms with van der Waals surface area (Å²) in [7, 11) is 0. The number of hydrogen-bond acceptors (Lipinski definition) is 2. The molecule has 2 unspecified atom stereocenters. The fourth-order valence-corrected chi connectivity index (χ4v) is 2.00. The van der Waals surface area contributed by atoms with E-state index in [-0.39, 0.29) is 0 Å². The molecule has 0 aromatic carbocycles. The minimum atomic E-state index is 0.295. The van der Waals surface area contributed by atoms with E-state index in [1.54, 1.807) is 0 Å². The molecule has 0 spiro atoms. The van der Waals surface area contributed by atoms with Crippen LogP contribution in [0, 0.1) is 23.2 Å². The van der Waals surface area contributed by atoms with Gasteiger partial charge in [-0.3, -0.25) is 0 Å². The number of rotatable bonds is 3. The lowest BCUT2D eigenvalue weighted by molar-refractivity contribution is 0.455. The fraction of sp³-hybridized carbons (Fsp3) is 0.900. The largest absolute Gasteiger partial charge is 0.312 e. The third-order valence-electron chi connectivity index (χ3n) is 3.05. The van der Waals surface area contributed by atoms with E-state index in [9.17, 15) is 0 Å². The lowest BCUT2D eigenvalue weighted by atomic mass is 10.1. The van der Waals surface area contributed by atoms with E-state index < -0.39 is 0 Å². The molecule has 0 aromatic heterocycles. The zero-order valence-electron chi connectivity index (χ0n) is 7.42. The van der Waals surface area contributed by atoms with E-state index in [1.165, 1.54) is 25.7 Å². The van der Waals surface area contributed by atoms with Crippen LogP contribution in [0.4, 0.5) is 0 Å². The van der Waals surface area contributed by atoms with Crippen LogP contribution in [0.15, 0.2) is 0 Å². The van der Waals surface area contributed by atoms with E-state index >= 15 is 0 Å². The topological polar surface area (TPSA) is 35.8 Å². The standard InChI is InChI=1S/C10H16N2/c11-6-9-2-1-3-10(9)12-7-8-4-5-8/h8-10,12H,1-5,7H2.